The van der Waals surface area contributed by atoms with E-state index in [0.29, 0.717) is 49.5 Å². The molecule has 464 valence electrons. The average molecular weight is 1190 g/mol. The molecule has 6 atom stereocenters. The van der Waals surface area contributed by atoms with Crippen molar-refractivity contribution in [3.8, 4) is 0 Å². The van der Waals surface area contributed by atoms with E-state index in [1.165, 1.54) is 24.3 Å². The van der Waals surface area contributed by atoms with Gasteiger partial charge in [-0.05, 0) is 174 Å². The molecule has 0 unspecified atom stereocenters. The number of carbonyl (C=O) groups is 8. The van der Waals surface area contributed by atoms with E-state index in [0.717, 1.165) is 88.2 Å². The van der Waals surface area contributed by atoms with Crippen LogP contribution in [0, 0.1) is 23.5 Å². The number of rotatable bonds is 26. The van der Waals surface area contributed by atoms with Crippen LogP contribution in [-0.2, 0) is 41.6 Å². The summed E-state index contributed by atoms with van der Waals surface area (Å²) < 4.78 is 27.8. The summed E-state index contributed by atoms with van der Waals surface area (Å²) in [5.74, 6) is -3.24. The third-order valence-corrected chi connectivity index (χ3v) is 18.2. The van der Waals surface area contributed by atoms with E-state index in [1.54, 1.807) is 98.4 Å². The van der Waals surface area contributed by atoms with Gasteiger partial charge in [0.25, 0.3) is 11.8 Å². The summed E-state index contributed by atoms with van der Waals surface area (Å²) in [6.45, 7) is 4.73. The smallest absolute Gasteiger partial charge is 0.251 e. The molecule has 0 radical (unpaired) electrons. The molecule has 0 bridgehead atoms. The molecule has 2 saturated heterocycles. The Morgan fingerprint density at radius 3 is 1.23 bits per heavy atom. The van der Waals surface area contributed by atoms with Crippen molar-refractivity contribution in [1.82, 2.24) is 51.5 Å². The van der Waals surface area contributed by atoms with Crippen LogP contribution in [-0.4, -0.2) is 170 Å². The van der Waals surface area contributed by atoms with Gasteiger partial charge in [-0.2, -0.15) is 0 Å². The quantitative estimate of drug-likeness (QED) is 0.0428. The second-order valence-corrected chi connectivity index (χ2v) is 24.0. The molecule has 86 heavy (non-hydrogen) atoms. The van der Waals surface area contributed by atoms with Crippen LogP contribution in [0.15, 0.2) is 84.9 Å². The Bertz CT molecular complexity index is 2790. The van der Waals surface area contributed by atoms with Gasteiger partial charge < -0.3 is 51.5 Å². The maximum absolute atomic E-state index is 14.5. The van der Waals surface area contributed by atoms with Crippen molar-refractivity contribution in [2.75, 3.05) is 66.5 Å². The highest BCUT2D eigenvalue weighted by atomic mass is 19.1. The summed E-state index contributed by atoms with van der Waals surface area (Å²) in [7, 11) is 3.40. The molecule has 0 aromatic heterocycles. The maximum Gasteiger partial charge on any atom is 0.251 e. The largest absolute Gasteiger partial charge is 0.343 e. The average Bonchev–Trinajstić information content (AvgIpc) is 4.39. The molecule has 2 saturated carbocycles. The normalized spacial score (nSPS) is 18.8. The first-order chi connectivity index (χ1) is 41.5. The van der Waals surface area contributed by atoms with Gasteiger partial charge in [0.15, 0.2) is 0 Å². The molecular formula is C66H88F2N10O8. The molecule has 18 nitrogen and oxygen atoms in total. The number of likely N-dealkylation sites (tertiary alicyclic amines) is 2. The summed E-state index contributed by atoms with van der Waals surface area (Å²) in [6.07, 6.45) is 13.0. The van der Waals surface area contributed by atoms with Gasteiger partial charge in [-0.15, -0.1) is 0 Å². The third-order valence-electron chi connectivity index (χ3n) is 18.2. The highest BCUT2D eigenvalue weighted by Gasteiger charge is 2.41. The van der Waals surface area contributed by atoms with Crippen LogP contribution in [0.25, 0.3) is 10.8 Å². The lowest BCUT2D eigenvalue weighted by Crippen LogP contribution is -2.57. The van der Waals surface area contributed by atoms with Gasteiger partial charge in [0, 0.05) is 62.5 Å². The Morgan fingerprint density at radius 2 is 0.872 bits per heavy atom. The fourth-order valence-corrected chi connectivity index (χ4v) is 12.7. The van der Waals surface area contributed by atoms with Crippen molar-refractivity contribution >= 4 is 58.0 Å². The van der Waals surface area contributed by atoms with Crippen molar-refractivity contribution in [2.45, 2.75) is 153 Å². The number of carbonyl (C=O) groups excluding carboxylic acids is 8. The van der Waals surface area contributed by atoms with Gasteiger partial charge in [0.05, 0.1) is 25.2 Å². The maximum atomic E-state index is 14.5. The lowest BCUT2D eigenvalue weighted by molar-refractivity contribution is -0.141. The number of amides is 8. The summed E-state index contributed by atoms with van der Waals surface area (Å²) in [6, 6.07) is 19.1. The number of benzene rings is 4. The molecule has 20 heteroatoms. The number of halogens is 2. The van der Waals surface area contributed by atoms with Crippen molar-refractivity contribution in [3.05, 3.63) is 119 Å². The topological polar surface area (TPSA) is 222 Å². The van der Waals surface area contributed by atoms with Crippen molar-refractivity contribution in [1.29, 1.82) is 0 Å². The summed E-state index contributed by atoms with van der Waals surface area (Å²) in [5.41, 5.74) is 2.20. The third kappa shape index (κ3) is 17.4. The Kier molecular flexibility index (Phi) is 23.6. The predicted molar refractivity (Wildman–Crippen MR) is 326 cm³/mol. The standard InChI is InChI=1S/C66H88F2N10O8/c1-43(69-3)61(81)73-59(47-13-7-5-8-14-47)65(85)77-33-11-17-55(77)41-75(35-31-45-19-27-53(67)28-20-45)57(79)39-71-63(83)51-25-23-50-38-52(26-24-49(50)37-51)64(84)72-40-58(80)76(36-32-46-21-29-54(68)30-22-46)42-56-18-12-34-78(56)66(86)60(48-15-9-6-10-16-48)74-62(82)44(2)70-4/h19-30,37-38,43-44,47-48,55-56,59-60,69-70H,5-18,31-36,39-42H2,1-4H3,(H,71,83)(H,72,84)(H,73,81)(H,74,82)/t43-,44-,55-,56-,59-,60-/m0/s1. The minimum atomic E-state index is -0.687. The molecule has 4 aliphatic rings. The van der Waals surface area contributed by atoms with E-state index in [9.17, 15) is 47.1 Å². The summed E-state index contributed by atoms with van der Waals surface area (Å²) in [4.78, 5) is 118. The molecule has 4 aromatic rings. The molecular weight excluding hydrogens is 1100 g/mol. The number of likely N-dealkylation sites (N-methyl/N-ethyl adjacent to an activating group) is 2. The molecule has 0 spiro atoms. The van der Waals surface area contributed by atoms with Crippen molar-refractivity contribution in [3.63, 3.8) is 0 Å². The highest BCUT2D eigenvalue weighted by molar-refractivity contribution is 6.03. The second kappa shape index (κ2) is 31.4. The number of hydrogen-bond acceptors (Lipinski definition) is 10. The lowest BCUT2D eigenvalue weighted by atomic mass is 9.83. The Labute approximate surface area is 504 Å². The van der Waals surface area contributed by atoms with Gasteiger partial charge in [0.1, 0.15) is 23.7 Å². The van der Waals surface area contributed by atoms with E-state index in [4.69, 9.17) is 0 Å². The number of fused-ring (bicyclic) bond motifs is 1. The lowest BCUT2D eigenvalue weighted by Gasteiger charge is -2.37. The molecule has 4 aromatic carbocycles. The van der Waals surface area contributed by atoms with Crippen LogP contribution in [0.4, 0.5) is 8.78 Å². The van der Waals surface area contributed by atoms with Crippen LogP contribution in [0.3, 0.4) is 0 Å². The molecule has 2 aliphatic heterocycles. The van der Waals surface area contributed by atoms with Crippen LogP contribution in [0.2, 0.25) is 0 Å². The first-order valence-corrected chi connectivity index (χ1v) is 31.2. The molecule has 2 aliphatic carbocycles. The number of hydrogen-bond donors (Lipinski definition) is 6. The van der Waals surface area contributed by atoms with E-state index < -0.39 is 36.0 Å². The zero-order valence-corrected chi connectivity index (χ0v) is 50.5. The fraction of sp³-hybridized carbons (Fsp3) is 0.545. The van der Waals surface area contributed by atoms with E-state index in [2.05, 4.69) is 31.9 Å². The zero-order valence-electron chi connectivity index (χ0n) is 50.5. The zero-order chi connectivity index (χ0) is 61.3. The summed E-state index contributed by atoms with van der Waals surface area (Å²) >= 11 is 0. The first kappa shape index (κ1) is 64.7. The minimum Gasteiger partial charge on any atom is -0.343 e. The predicted octanol–water partition coefficient (Wildman–Crippen LogP) is 6.05. The van der Waals surface area contributed by atoms with E-state index in [-0.39, 0.29) is 121 Å². The van der Waals surface area contributed by atoms with Crippen LogP contribution in [0.5, 0.6) is 0 Å². The van der Waals surface area contributed by atoms with Crippen LogP contribution in [0.1, 0.15) is 136 Å². The van der Waals surface area contributed by atoms with Gasteiger partial charge >= 0.3 is 0 Å². The van der Waals surface area contributed by atoms with Gasteiger partial charge in [0.2, 0.25) is 35.4 Å². The fourth-order valence-electron chi connectivity index (χ4n) is 12.7. The molecule has 4 fully saturated rings. The van der Waals surface area contributed by atoms with Crippen LogP contribution >= 0.6 is 0 Å². The highest BCUT2D eigenvalue weighted by Crippen LogP contribution is 2.32. The number of nitrogens with zero attached hydrogens (tertiary/aromatic N) is 4. The van der Waals surface area contributed by atoms with Crippen molar-refractivity contribution in [2.24, 2.45) is 11.8 Å². The number of nitrogens with one attached hydrogen (secondary N) is 6. The Balaban J connectivity index is 0.901. The Hall–Kier alpha value is -7.32. The first-order valence-electron chi connectivity index (χ1n) is 31.2. The molecule has 6 N–H and O–H groups in total. The summed E-state index contributed by atoms with van der Waals surface area (Å²) in [5, 5.41) is 19.0. The van der Waals surface area contributed by atoms with Crippen LogP contribution < -0.4 is 31.9 Å². The van der Waals surface area contributed by atoms with Gasteiger partial charge in [-0.3, -0.25) is 38.4 Å². The SMILES string of the molecule is CN[C@@H](C)C(=O)N[C@H](C(=O)N1CCC[C@H]1CN(CCc1ccc(F)cc1)C(=O)CNC(=O)c1ccc2cc(C(=O)NCC(=O)N(CCc3ccc(F)cc3)C[C@@H]3CCCN3C(=O)[C@@H](NC(=O)[C@H](C)NC)C3CCCCC3)ccc2c1)C1CCCCC1. The van der Waals surface area contributed by atoms with Crippen molar-refractivity contribution < 1.29 is 47.1 Å². The van der Waals surface area contributed by atoms with E-state index in [1.807, 2.05) is 9.80 Å². The molecule has 8 rings (SSSR count). The van der Waals surface area contributed by atoms with E-state index >= 15 is 0 Å². The van der Waals surface area contributed by atoms with Gasteiger partial charge in [-0.1, -0.05) is 74.9 Å². The minimum absolute atomic E-state index is 0.00289. The molecule has 2 heterocycles. The monoisotopic (exact) mass is 1190 g/mol. The molecule has 8 amide bonds. The Morgan fingerprint density at radius 1 is 0.500 bits per heavy atom. The van der Waals surface area contributed by atoms with Gasteiger partial charge in [-0.25, -0.2) is 8.78 Å². The second-order valence-electron chi connectivity index (χ2n) is 24.0.